The van der Waals surface area contributed by atoms with Crippen LogP contribution in [0.1, 0.15) is 32.0 Å². The molecular weight excluding hydrogens is 260 g/mol. The van der Waals surface area contributed by atoms with Gasteiger partial charge in [-0.2, -0.15) is 0 Å². The van der Waals surface area contributed by atoms with Crippen LogP contribution in [0.2, 0.25) is 0 Å². The Hall–Kier alpha value is -1.75. The fraction of sp³-hybridized carbons (Fsp3) is 0.400. The zero-order valence-corrected chi connectivity index (χ0v) is 11.7. The number of imidazole rings is 1. The summed E-state index contributed by atoms with van der Waals surface area (Å²) in [6.45, 7) is 4.69. The summed E-state index contributed by atoms with van der Waals surface area (Å²) in [5.74, 6) is 0.355. The van der Waals surface area contributed by atoms with Gasteiger partial charge in [-0.25, -0.2) is 13.8 Å². The number of H-pyrrole nitrogens is 1. The van der Waals surface area contributed by atoms with Gasteiger partial charge in [0.15, 0.2) is 0 Å². The second-order valence-electron chi connectivity index (χ2n) is 5.37. The number of aromatic nitrogens is 2. The fourth-order valence-electron chi connectivity index (χ4n) is 2.27. The Morgan fingerprint density at radius 2 is 2.05 bits per heavy atom. The topological polar surface area (TPSA) is 54.7 Å². The van der Waals surface area contributed by atoms with Crippen LogP contribution in [0.25, 0.3) is 11.3 Å². The summed E-state index contributed by atoms with van der Waals surface area (Å²) in [6.07, 6.45) is 2.42. The van der Waals surface area contributed by atoms with Crippen molar-refractivity contribution in [3.8, 4) is 11.3 Å². The summed E-state index contributed by atoms with van der Waals surface area (Å²) >= 11 is 0. The van der Waals surface area contributed by atoms with Crippen molar-refractivity contribution in [2.75, 3.05) is 6.54 Å². The molecule has 3 N–H and O–H groups in total. The highest BCUT2D eigenvalue weighted by Crippen LogP contribution is 2.26. The van der Waals surface area contributed by atoms with Gasteiger partial charge in [-0.1, -0.05) is 13.8 Å². The summed E-state index contributed by atoms with van der Waals surface area (Å²) < 4.78 is 26.9. The van der Waals surface area contributed by atoms with Crippen molar-refractivity contribution in [3.05, 3.63) is 41.9 Å². The Kier molecular flexibility index (Phi) is 4.49. The van der Waals surface area contributed by atoms with Crippen LogP contribution in [-0.4, -0.2) is 16.5 Å². The molecule has 1 aromatic carbocycles. The number of hydrogen-bond donors (Lipinski definition) is 2. The van der Waals surface area contributed by atoms with E-state index in [2.05, 4.69) is 23.8 Å². The normalized spacial score (nSPS) is 12.9. The minimum absolute atomic E-state index is 0.0976. The lowest BCUT2D eigenvalue weighted by Gasteiger charge is -2.14. The molecule has 2 aromatic rings. The van der Waals surface area contributed by atoms with Crippen molar-refractivity contribution in [2.45, 2.75) is 26.2 Å². The van der Waals surface area contributed by atoms with Crippen molar-refractivity contribution < 1.29 is 8.78 Å². The zero-order chi connectivity index (χ0) is 14.7. The quantitative estimate of drug-likeness (QED) is 0.880. The maximum atomic E-state index is 13.7. The highest BCUT2D eigenvalue weighted by molar-refractivity contribution is 5.59. The third kappa shape index (κ3) is 3.22. The van der Waals surface area contributed by atoms with Crippen LogP contribution in [0.15, 0.2) is 24.4 Å². The smallest absolute Gasteiger partial charge is 0.132 e. The van der Waals surface area contributed by atoms with Crippen molar-refractivity contribution in [1.29, 1.82) is 0 Å². The van der Waals surface area contributed by atoms with E-state index in [1.54, 1.807) is 0 Å². The molecule has 0 bridgehead atoms. The van der Waals surface area contributed by atoms with Crippen molar-refractivity contribution in [1.82, 2.24) is 9.97 Å². The number of nitrogens with zero attached hydrogens (tertiary/aromatic N) is 1. The van der Waals surface area contributed by atoms with Crippen LogP contribution in [0.5, 0.6) is 0 Å². The van der Waals surface area contributed by atoms with Gasteiger partial charge in [0.1, 0.15) is 17.5 Å². The maximum Gasteiger partial charge on any atom is 0.132 e. The summed E-state index contributed by atoms with van der Waals surface area (Å²) in [6, 6.07) is 3.36. The summed E-state index contributed by atoms with van der Waals surface area (Å²) in [4.78, 5) is 7.32. The molecule has 108 valence electrons. The SMILES string of the molecule is CC(C)CC(CN)c1ncc(-c2cc(F)ccc2F)[nH]1. The number of nitrogens with two attached hydrogens (primary N) is 1. The van der Waals surface area contributed by atoms with Gasteiger partial charge >= 0.3 is 0 Å². The minimum atomic E-state index is -0.477. The maximum absolute atomic E-state index is 13.7. The molecule has 0 fully saturated rings. The number of aromatic amines is 1. The highest BCUT2D eigenvalue weighted by Gasteiger charge is 2.17. The van der Waals surface area contributed by atoms with Crippen LogP contribution in [-0.2, 0) is 0 Å². The van der Waals surface area contributed by atoms with Gasteiger partial charge in [-0.05, 0) is 30.5 Å². The van der Waals surface area contributed by atoms with Crippen LogP contribution < -0.4 is 5.73 Å². The van der Waals surface area contributed by atoms with Gasteiger partial charge in [-0.3, -0.25) is 0 Å². The number of rotatable bonds is 5. The third-order valence-corrected chi connectivity index (χ3v) is 3.24. The Morgan fingerprint density at radius 3 is 2.70 bits per heavy atom. The van der Waals surface area contributed by atoms with E-state index in [9.17, 15) is 8.78 Å². The van der Waals surface area contributed by atoms with Gasteiger partial charge in [0.05, 0.1) is 11.9 Å². The summed E-state index contributed by atoms with van der Waals surface area (Å²) in [7, 11) is 0. The molecule has 1 unspecified atom stereocenters. The molecule has 0 radical (unpaired) electrons. The fourth-order valence-corrected chi connectivity index (χ4v) is 2.27. The lowest BCUT2D eigenvalue weighted by atomic mass is 9.97. The number of nitrogens with one attached hydrogen (secondary N) is 1. The third-order valence-electron chi connectivity index (χ3n) is 3.24. The van der Waals surface area contributed by atoms with Crippen LogP contribution in [0.3, 0.4) is 0 Å². The molecule has 1 heterocycles. The Balaban J connectivity index is 2.30. The van der Waals surface area contributed by atoms with Crippen molar-refractivity contribution in [2.24, 2.45) is 11.7 Å². The lowest BCUT2D eigenvalue weighted by Crippen LogP contribution is -2.16. The molecule has 0 saturated heterocycles. The molecule has 1 atom stereocenters. The Bertz CT molecular complexity index is 578. The molecule has 3 nitrogen and oxygen atoms in total. The molecule has 0 amide bonds. The first kappa shape index (κ1) is 14.7. The second-order valence-corrected chi connectivity index (χ2v) is 5.37. The molecule has 0 aliphatic heterocycles. The number of halogens is 2. The molecule has 0 spiro atoms. The van der Waals surface area contributed by atoms with Crippen LogP contribution >= 0.6 is 0 Å². The first-order valence-corrected chi connectivity index (χ1v) is 6.71. The molecule has 5 heteroatoms. The standard InChI is InChI=1S/C15H19F2N3/c1-9(2)5-10(7-18)15-19-8-14(20-15)12-6-11(16)3-4-13(12)17/h3-4,6,8-10H,5,7,18H2,1-2H3,(H,19,20). The van der Waals surface area contributed by atoms with E-state index < -0.39 is 11.6 Å². The number of hydrogen-bond acceptors (Lipinski definition) is 2. The minimum Gasteiger partial charge on any atom is -0.342 e. The molecule has 0 aliphatic carbocycles. The zero-order valence-electron chi connectivity index (χ0n) is 11.7. The highest BCUT2D eigenvalue weighted by atomic mass is 19.1. The summed E-state index contributed by atoms with van der Waals surface area (Å²) in [5.41, 5.74) is 6.42. The molecule has 0 aliphatic rings. The Labute approximate surface area is 117 Å². The second kappa shape index (κ2) is 6.13. The van der Waals surface area contributed by atoms with Crippen LogP contribution in [0, 0.1) is 17.6 Å². The van der Waals surface area contributed by atoms with E-state index in [1.165, 1.54) is 6.20 Å². The van der Waals surface area contributed by atoms with Gasteiger partial charge in [0, 0.05) is 18.0 Å². The molecule has 1 aromatic heterocycles. The van der Waals surface area contributed by atoms with E-state index in [4.69, 9.17) is 5.73 Å². The van der Waals surface area contributed by atoms with E-state index in [0.29, 0.717) is 18.2 Å². The number of benzene rings is 1. The van der Waals surface area contributed by atoms with Crippen LogP contribution in [0.4, 0.5) is 8.78 Å². The predicted molar refractivity (Wildman–Crippen MR) is 75.2 cm³/mol. The molecule has 20 heavy (non-hydrogen) atoms. The van der Waals surface area contributed by atoms with E-state index in [0.717, 1.165) is 30.4 Å². The Morgan fingerprint density at radius 1 is 1.30 bits per heavy atom. The van der Waals surface area contributed by atoms with Gasteiger partial charge in [0.2, 0.25) is 0 Å². The molecular formula is C15H19F2N3. The monoisotopic (exact) mass is 279 g/mol. The first-order chi connectivity index (χ1) is 9.51. The molecule has 2 rings (SSSR count). The van der Waals surface area contributed by atoms with E-state index in [1.807, 2.05) is 0 Å². The van der Waals surface area contributed by atoms with Crippen molar-refractivity contribution in [3.63, 3.8) is 0 Å². The largest absolute Gasteiger partial charge is 0.342 e. The van der Waals surface area contributed by atoms with Gasteiger partial charge in [-0.15, -0.1) is 0 Å². The van der Waals surface area contributed by atoms with E-state index >= 15 is 0 Å². The van der Waals surface area contributed by atoms with E-state index in [-0.39, 0.29) is 11.5 Å². The molecule has 0 saturated carbocycles. The van der Waals surface area contributed by atoms with Gasteiger partial charge < -0.3 is 10.7 Å². The van der Waals surface area contributed by atoms with Gasteiger partial charge in [0.25, 0.3) is 0 Å². The first-order valence-electron chi connectivity index (χ1n) is 6.71. The summed E-state index contributed by atoms with van der Waals surface area (Å²) in [5, 5.41) is 0. The van der Waals surface area contributed by atoms with Crippen molar-refractivity contribution >= 4 is 0 Å². The predicted octanol–water partition coefficient (Wildman–Crippen LogP) is 3.44. The average Bonchev–Trinajstić information content (AvgIpc) is 2.88. The average molecular weight is 279 g/mol. The lowest BCUT2D eigenvalue weighted by molar-refractivity contribution is 0.490.